The lowest BCUT2D eigenvalue weighted by molar-refractivity contribution is 0.332. The molecule has 0 atom stereocenters. The minimum atomic E-state index is -0.180. The molecule has 4 nitrogen and oxygen atoms in total. The minimum Gasteiger partial charge on any atom is -0.504 e. The molecule has 0 radical (unpaired) electrons. The van der Waals surface area contributed by atoms with Gasteiger partial charge in [0.2, 0.25) is 0 Å². The molecule has 0 amide bonds. The standard InChI is InChI=1S/C21H23Cl3O4/c1-4-7-10-13(22)14(23)15(24)21-18(10)27-19-11(8-5-2)16(25)17(26)12(9-6-3)20(19)28-21/h25-26H,4-9H2,1-3H3. The molecule has 3 rings (SSSR count). The number of phenols is 2. The quantitative estimate of drug-likeness (QED) is 0.300. The molecular weight excluding hydrogens is 423 g/mol. The molecule has 2 aromatic carbocycles. The average molecular weight is 446 g/mol. The number of phenolic OH excluding ortho intramolecular Hbond substituents is 2. The highest BCUT2D eigenvalue weighted by molar-refractivity contribution is 6.49. The van der Waals surface area contributed by atoms with Crippen molar-refractivity contribution in [2.45, 2.75) is 59.3 Å². The molecule has 0 spiro atoms. The van der Waals surface area contributed by atoms with Gasteiger partial charge in [0.1, 0.15) is 5.02 Å². The van der Waals surface area contributed by atoms with Crippen LogP contribution in [0.1, 0.15) is 56.7 Å². The van der Waals surface area contributed by atoms with E-state index in [1.54, 1.807) is 0 Å². The Morgan fingerprint density at radius 3 is 1.43 bits per heavy atom. The maximum absolute atomic E-state index is 10.6. The fraction of sp³-hybridized carbons (Fsp3) is 0.429. The Bertz CT molecular complexity index is 925. The Morgan fingerprint density at radius 1 is 0.571 bits per heavy atom. The summed E-state index contributed by atoms with van der Waals surface area (Å²) < 4.78 is 12.4. The number of hydrogen-bond acceptors (Lipinski definition) is 4. The Hall–Kier alpha value is -1.49. The summed E-state index contributed by atoms with van der Waals surface area (Å²) in [6.45, 7) is 5.98. The van der Waals surface area contributed by atoms with Gasteiger partial charge in [0, 0.05) is 16.7 Å². The smallest absolute Gasteiger partial charge is 0.190 e. The predicted molar refractivity (Wildman–Crippen MR) is 113 cm³/mol. The molecule has 1 aliphatic rings. The van der Waals surface area contributed by atoms with Crippen molar-refractivity contribution in [2.24, 2.45) is 0 Å². The normalized spacial score (nSPS) is 12.2. The van der Waals surface area contributed by atoms with Crippen LogP contribution in [0.2, 0.25) is 15.1 Å². The third-order valence-electron chi connectivity index (χ3n) is 4.79. The molecule has 7 heteroatoms. The Morgan fingerprint density at radius 2 is 0.964 bits per heavy atom. The molecule has 0 saturated carbocycles. The largest absolute Gasteiger partial charge is 0.504 e. The minimum absolute atomic E-state index is 0.166. The monoisotopic (exact) mass is 444 g/mol. The number of aromatic hydroxyl groups is 2. The highest BCUT2D eigenvalue weighted by Gasteiger charge is 2.34. The van der Waals surface area contributed by atoms with Crippen LogP contribution in [0.3, 0.4) is 0 Å². The highest BCUT2D eigenvalue weighted by Crippen LogP contribution is 2.60. The van der Waals surface area contributed by atoms with Crippen molar-refractivity contribution >= 4 is 34.8 Å². The molecule has 2 N–H and O–H groups in total. The van der Waals surface area contributed by atoms with E-state index in [1.165, 1.54) is 0 Å². The van der Waals surface area contributed by atoms with Crippen LogP contribution in [0.25, 0.3) is 0 Å². The van der Waals surface area contributed by atoms with Crippen molar-refractivity contribution in [3.8, 4) is 34.5 Å². The molecule has 1 heterocycles. The number of fused-ring (bicyclic) bond motifs is 2. The van der Waals surface area contributed by atoms with E-state index in [-0.39, 0.29) is 27.3 Å². The van der Waals surface area contributed by atoms with Crippen LogP contribution in [0.5, 0.6) is 34.5 Å². The molecule has 0 fully saturated rings. The summed E-state index contributed by atoms with van der Waals surface area (Å²) >= 11 is 19.2. The number of halogens is 3. The molecule has 0 bridgehead atoms. The molecule has 152 valence electrons. The van der Waals surface area contributed by atoms with Crippen LogP contribution in [0.15, 0.2) is 0 Å². The number of ether oxygens (including phenoxy) is 2. The van der Waals surface area contributed by atoms with Gasteiger partial charge < -0.3 is 19.7 Å². The first-order chi connectivity index (χ1) is 13.4. The van der Waals surface area contributed by atoms with Gasteiger partial charge in [-0.05, 0) is 19.3 Å². The Balaban J connectivity index is 2.31. The first-order valence-electron chi connectivity index (χ1n) is 9.51. The van der Waals surface area contributed by atoms with Gasteiger partial charge in [-0.25, -0.2) is 0 Å². The lowest BCUT2D eigenvalue weighted by atomic mass is 9.98. The van der Waals surface area contributed by atoms with Gasteiger partial charge in [-0.15, -0.1) is 0 Å². The van der Waals surface area contributed by atoms with Crippen molar-refractivity contribution in [1.29, 1.82) is 0 Å². The fourth-order valence-corrected chi connectivity index (χ4v) is 4.24. The maximum atomic E-state index is 10.6. The van der Waals surface area contributed by atoms with Crippen molar-refractivity contribution in [3.05, 3.63) is 31.8 Å². The second-order valence-electron chi connectivity index (χ2n) is 6.85. The van der Waals surface area contributed by atoms with Gasteiger partial charge >= 0.3 is 0 Å². The Kier molecular flexibility index (Phi) is 6.43. The third-order valence-corrected chi connectivity index (χ3v) is 6.14. The lowest BCUT2D eigenvalue weighted by Gasteiger charge is -2.29. The fourth-order valence-electron chi connectivity index (χ4n) is 3.50. The summed E-state index contributed by atoms with van der Waals surface area (Å²) in [4.78, 5) is 0. The summed E-state index contributed by atoms with van der Waals surface area (Å²) in [7, 11) is 0. The number of hydrogen-bond donors (Lipinski definition) is 2. The van der Waals surface area contributed by atoms with E-state index >= 15 is 0 Å². The average Bonchev–Trinajstić information content (AvgIpc) is 2.69. The molecule has 0 saturated heterocycles. The van der Waals surface area contributed by atoms with E-state index in [4.69, 9.17) is 44.3 Å². The zero-order valence-electron chi connectivity index (χ0n) is 16.1. The summed E-state index contributed by atoms with van der Waals surface area (Å²) in [6, 6.07) is 0. The van der Waals surface area contributed by atoms with Crippen molar-refractivity contribution in [3.63, 3.8) is 0 Å². The van der Waals surface area contributed by atoms with Gasteiger partial charge in [-0.3, -0.25) is 0 Å². The second kappa shape index (κ2) is 8.48. The van der Waals surface area contributed by atoms with Gasteiger partial charge in [-0.2, -0.15) is 0 Å². The number of rotatable bonds is 6. The molecule has 2 aromatic rings. The van der Waals surface area contributed by atoms with Crippen molar-refractivity contribution in [2.75, 3.05) is 0 Å². The van der Waals surface area contributed by atoms with Gasteiger partial charge in [0.05, 0.1) is 10.0 Å². The first kappa shape index (κ1) is 21.2. The summed E-state index contributed by atoms with van der Waals surface area (Å²) in [6.07, 6.45) is 3.99. The van der Waals surface area contributed by atoms with E-state index in [2.05, 4.69) is 0 Å². The van der Waals surface area contributed by atoms with E-state index < -0.39 is 0 Å². The first-order valence-corrected chi connectivity index (χ1v) is 10.6. The zero-order valence-corrected chi connectivity index (χ0v) is 18.4. The Labute approximate surface area is 179 Å². The predicted octanol–water partition coefficient (Wildman–Crippen LogP) is 7.81. The third kappa shape index (κ3) is 3.36. The van der Waals surface area contributed by atoms with Crippen LogP contribution in [0.4, 0.5) is 0 Å². The summed E-state index contributed by atoms with van der Waals surface area (Å²) in [5.41, 5.74) is 1.70. The molecule has 0 unspecified atom stereocenters. The topological polar surface area (TPSA) is 58.9 Å². The van der Waals surface area contributed by atoms with E-state index in [9.17, 15) is 10.2 Å². The van der Waals surface area contributed by atoms with Crippen molar-refractivity contribution in [1.82, 2.24) is 0 Å². The SMILES string of the molecule is CCCc1c(Cl)c(Cl)c(Cl)c2c1Oc1c(CCC)c(O)c(O)c(CCC)c1O2. The zero-order chi connectivity index (χ0) is 20.6. The molecule has 0 aromatic heterocycles. The summed E-state index contributed by atoms with van der Waals surface area (Å²) in [5, 5.41) is 21.9. The molecule has 28 heavy (non-hydrogen) atoms. The second-order valence-corrected chi connectivity index (χ2v) is 7.98. The summed E-state index contributed by atoms with van der Waals surface area (Å²) in [5.74, 6) is 1.13. The van der Waals surface area contributed by atoms with Crippen LogP contribution in [-0.2, 0) is 19.3 Å². The van der Waals surface area contributed by atoms with Crippen LogP contribution in [0, 0.1) is 0 Å². The molecular formula is C21H23Cl3O4. The molecule has 1 aliphatic heterocycles. The van der Waals surface area contributed by atoms with Crippen molar-refractivity contribution < 1.29 is 19.7 Å². The van der Waals surface area contributed by atoms with E-state index in [0.717, 1.165) is 19.3 Å². The van der Waals surface area contributed by atoms with E-state index in [0.29, 0.717) is 58.2 Å². The highest BCUT2D eigenvalue weighted by atomic mass is 35.5. The molecule has 0 aliphatic carbocycles. The lowest BCUT2D eigenvalue weighted by Crippen LogP contribution is -2.09. The van der Waals surface area contributed by atoms with Gasteiger partial charge in [0.25, 0.3) is 0 Å². The van der Waals surface area contributed by atoms with Crippen LogP contribution < -0.4 is 9.47 Å². The van der Waals surface area contributed by atoms with Crippen LogP contribution in [-0.4, -0.2) is 10.2 Å². The van der Waals surface area contributed by atoms with Gasteiger partial charge in [0.15, 0.2) is 34.5 Å². The van der Waals surface area contributed by atoms with Crippen LogP contribution >= 0.6 is 34.8 Å². The maximum Gasteiger partial charge on any atom is 0.190 e. The number of benzene rings is 2. The van der Waals surface area contributed by atoms with E-state index in [1.807, 2.05) is 20.8 Å². The van der Waals surface area contributed by atoms with Gasteiger partial charge in [-0.1, -0.05) is 74.8 Å².